The highest BCUT2D eigenvalue weighted by Crippen LogP contribution is 2.49. The molecule has 0 aliphatic carbocycles. The number of H-pyrrole nitrogens is 1. The maximum absolute atomic E-state index is 13.9. The minimum Gasteiger partial charge on any atom is -0.493 e. The van der Waals surface area contributed by atoms with E-state index in [2.05, 4.69) is 68.3 Å². The number of halogens is 2. The average Bonchev–Trinajstić information content (AvgIpc) is 3.32. The molecule has 196 valence electrons. The molecule has 6 heteroatoms. The van der Waals surface area contributed by atoms with E-state index >= 15 is 0 Å². The highest BCUT2D eigenvalue weighted by molar-refractivity contribution is 9.10. The van der Waals surface area contributed by atoms with Gasteiger partial charge in [0.25, 0.3) is 0 Å². The number of hydrogen-bond acceptors (Lipinski definition) is 3. The van der Waals surface area contributed by atoms with Gasteiger partial charge in [0, 0.05) is 33.7 Å². The molecule has 1 N–H and O–H groups in total. The molecule has 7 rings (SSSR count). The Morgan fingerprint density at radius 2 is 1.79 bits per heavy atom. The molecule has 2 unspecified atom stereocenters. The number of nitrogens with one attached hydrogen (secondary N) is 1. The second-order valence-electron chi connectivity index (χ2n) is 10.3. The van der Waals surface area contributed by atoms with E-state index in [1.165, 1.54) is 27.8 Å². The highest BCUT2D eigenvalue weighted by atomic mass is 79.9. The first-order valence-electron chi connectivity index (χ1n) is 13.3. The molecule has 0 spiro atoms. The molecule has 0 bridgehead atoms. The van der Waals surface area contributed by atoms with Crippen molar-refractivity contribution in [2.45, 2.75) is 31.5 Å². The number of nitrogens with zero attached hydrogens (tertiary/aromatic N) is 1. The lowest BCUT2D eigenvalue weighted by Gasteiger charge is -2.46. The van der Waals surface area contributed by atoms with Crippen molar-refractivity contribution >= 4 is 26.8 Å². The molecule has 0 fully saturated rings. The third-order valence-corrected chi connectivity index (χ3v) is 8.64. The number of rotatable bonds is 5. The van der Waals surface area contributed by atoms with Crippen LogP contribution in [0, 0.1) is 5.82 Å². The Morgan fingerprint density at radius 3 is 2.59 bits per heavy atom. The first kappa shape index (κ1) is 24.4. The molecule has 2 aliphatic rings. The Kier molecular flexibility index (Phi) is 6.17. The van der Waals surface area contributed by atoms with Crippen molar-refractivity contribution in [3.8, 4) is 11.5 Å². The van der Waals surface area contributed by atoms with Gasteiger partial charge in [-0.3, -0.25) is 4.90 Å². The van der Waals surface area contributed by atoms with Crippen LogP contribution in [0.15, 0.2) is 89.4 Å². The summed E-state index contributed by atoms with van der Waals surface area (Å²) >= 11 is 3.63. The van der Waals surface area contributed by atoms with Gasteiger partial charge in [-0.1, -0.05) is 64.5 Å². The molecule has 1 aromatic heterocycles. The first-order valence-corrected chi connectivity index (χ1v) is 14.1. The van der Waals surface area contributed by atoms with E-state index in [1.54, 1.807) is 19.2 Å². The number of hydrogen-bond donors (Lipinski definition) is 1. The summed E-state index contributed by atoms with van der Waals surface area (Å²) in [5.74, 6) is 1.30. The molecular weight excluding hydrogens is 555 g/mol. The third kappa shape index (κ3) is 4.32. The molecule has 5 aromatic rings. The zero-order chi connectivity index (χ0) is 26.5. The fraction of sp³-hybridized carbons (Fsp3) is 0.212. The summed E-state index contributed by atoms with van der Waals surface area (Å²) < 4.78 is 27.1. The molecule has 3 heterocycles. The van der Waals surface area contributed by atoms with Crippen molar-refractivity contribution in [3.63, 3.8) is 0 Å². The summed E-state index contributed by atoms with van der Waals surface area (Å²) in [6, 6.07) is 28.1. The Labute approximate surface area is 235 Å². The number of aromatic amines is 1. The maximum Gasteiger partial charge on any atom is 0.161 e. The van der Waals surface area contributed by atoms with Crippen LogP contribution in [0.25, 0.3) is 10.9 Å². The van der Waals surface area contributed by atoms with Gasteiger partial charge >= 0.3 is 0 Å². The SMILES string of the molecule is COc1cc2c(cc1OCc1ccccc1)CCN1C2Cc2c([nH]c3cc(Br)ccc23)C1c1ccc(F)cc1. The van der Waals surface area contributed by atoms with Crippen molar-refractivity contribution in [2.75, 3.05) is 13.7 Å². The zero-order valence-electron chi connectivity index (χ0n) is 21.6. The molecule has 0 saturated heterocycles. The summed E-state index contributed by atoms with van der Waals surface area (Å²) in [6.45, 7) is 1.38. The lowest BCUT2D eigenvalue weighted by molar-refractivity contribution is 0.127. The lowest BCUT2D eigenvalue weighted by Crippen LogP contribution is -2.43. The first-order chi connectivity index (χ1) is 19.1. The summed E-state index contributed by atoms with van der Waals surface area (Å²) in [5, 5.41) is 1.24. The van der Waals surface area contributed by atoms with Crippen LogP contribution in [0.4, 0.5) is 4.39 Å². The van der Waals surface area contributed by atoms with Gasteiger partial charge in [0.05, 0.1) is 13.2 Å². The maximum atomic E-state index is 13.9. The molecule has 39 heavy (non-hydrogen) atoms. The van der Waals surface area contributed by atoms with E-state index in [4.69, 9.17) is 9.47 Å². The van der Waals surface area contributed by atoms with Crippen LogP contribution in [0.5, 0.6) is 11.5 Å². The Hall–Kier alpha value is -3.61. The van der Waals surface area contributed by atoms with E-state index < -0.39 is 0 Å². The zero-order valence-corrected chi connectivity index (χ0v) is 23.2. The molecular formula is C33H28BrFN2O2. The fourth-order valence-electron chi connectivity index (χ4n) is 6.34. The van der Waals surface area contributed by atoms with Gasteiger partial charge in [0.1, 0.15) is 12.4 Å². The Morgan fingerprint density at radius 1 is 0.974 bits per heavy atom. The Balaban J connectivity index is 1.32. The second kappa shape index (κ2) is 9.85. The molecule has 0 amide bonds. The molecule has 4 nitrogen and oxygen atoms in total. The molecule has 2 atom stereocenters. The van der Waals surface area contributed by atoms with E-state index in [-0.39, 0.29) is 17.9 Å². The smallest absolute Gasteiger partial charge is 0.161 e. The predicted molar refractivity (Wildman–Crippen MR) is 155 cm³/mol. The summed E-state index contributed by atoms with van der Waals surface area (Å²) in [6.07, 6.45) is 1.78. The van der Waals surface area contributed by atoms with E-state index in [0.717, 1.165) is 52.0 Å². The van der Waals surface area contributed by atoms with Crippen LogP contribution in [0.1, 0.15) is 45.6 Å². The van der Waals surface area contributed by atoms with Crippen molar-refractivity contribution in [1.82, 2.24) is 9.88 Å². The van der Waals surface area contributed by atoms with Gasteiger partial charge in [-0.2, -0.15) is 0 Å². The predicted octanol–water partition coefficient (Wildman–Crippen LogP) is 7.90. The number of ether oxygens (including phenoxy) is 2. The standard InChI is InChI=1S/C33H28BrFN2O2/c1-38-30-18-26-22(15-31(30)39-19-20-5-3-2-4-6-20)13-14-37-29(26)17-27-25-12-9-23(34)16-28(25)36-32(27)33(37)21-7-10-24(35)11-8-21/h2-12,15-16,18,29,33,36H,13-14,17,19H2,1H3. The average molecular weight is 584 g/mol. The van der Waals surface area contributed by atoms with Gasteiger partial charge in [0.15, 0.2) is 11.5 Å². The Bertz CT molecular complexity index is 1670. The van der Waals surface area contributed by atoms with Crippen LogP contribution >= 0.6 is 15.9 Å². The van der Waals surface area contributed by atoms with Crippen LogP contribution in [0.2, 0.25) is 0 Å². The third-order valence-electron chi connectivity index (χ3n) is 8.15. The molecule has 4 aromatic carbocycles. The van der Waals surface area contributed by atoms with Crippen LogP contribution in [0.3, 0.4) is 0 Å². The van der Waals surface area contributed by atoms with Gasteiger partial charge in [-0.05, 0) is 77.1 Å². The van der Waals surface area contributed by atoms with Gasteiger partial charge in [-0.15, -0.1) is 0 Å². The monoisotopic (exact) mass is 582 g/mol. The van der Waals surface area contributed by atoms with E-state index in [0.29, 0.717) is 6.61 Å². The van der Waals surface area contributed by atoms with E-state index in [1.807, 2.05) is 30.3 Å². The number of methoxy groups -OCH3 is 1. The second-order valence-corrected chi connectivity index (χ2v) is 11.3. The number of benzene rings is 4. The van der Waals surface area contributed by atoms with Gasteiger partial charge in [0.2, 0.25) is 0 Å². The van der Waals surface area contributed by atoms with Gasteiger partial charge in [-0.25, -0.2) is 4.39 Å². The lowest BCUT2D eigenvalue weighted by atomic mass is 9.80. The van der Waals surface area contributed by atoms with Crippen molar-refractivity contribution < 1.29 is 13.9 Å². The molecule has 0 radical (unpaired) electrons. The number of fused-ring (bicyclic) bond motifs is 6. The summed E-state index contributed by atoms with van der Waals surface area (Å²) in [5.41, 5.74) is 8.42. The minimum atomic E-state index is -0.219. The quantitative estimate of drug-likeness (QED) is 0.229. The van der Waals surface area contributed by atoms with Crippen LogP contribution in [-0.4, -0.2) is 23.5 Å². The highest BCUT2D eigenvalue weighted by Gasteiger charge is 2.41. The van der Waals surface area contributed by atoms with Crippen LogP contribution in [-0.2, 0) is 19.4 Å². The largest absolute Gasteiger partial charge is 0.493 e. The topological polar surface area (TPSA) is 37.5 Å². The van der Waals surface area contributed by atoms with Crippen molar-refractivity contribution in [3.05, 3.63) is 129 Å². The summed E-state index contributed by atoms with van der Waals surface area (Å²) in [7, 11) is 1.70. The van der Waals surface area contributed by atoms with Crippen LogP contribution < -0.4 is 9.47 Å². The van der Waals surface area contributed by atoms with Gasteiger partial charge < -0.3 is 14.5 Å². The molecule has 2 aliphatic heterocycles. The number of aromatic nitrogens is 1. The normalized spacial score (nSPS) is 18.3. The minimum absolute atomic E-state index is 0.00122. The summed E-state index contributed by atoms with van der Waals surface area (Å²) in [4.78, 5) is 6.29. The van der Waals surface area contributed by atoms with Crippen molar-refractivity contribution in [2.24, 2.45) is 0 Å². The molecule has 0 saturated carbocycles. The fourth-order valence-corrected chi connectivity index (χ4v) is 6.70. The van der Waals surface area contributed by atoms with E-state index in [9.17, 15) is 4.39 Å². The van der Waals surface area contributed by atoms with Crippen molar-refractivity contribution in [1.29, 1.82) is 0 Å².